The molecular weight excluding hydrogens is 214 g/mol. The summed E-state index contributed by atoms with van der Waals surface area (Å²) >= 11 is 0. The summed E-state index contributed by atoms with van der Waals surface area (Å²) in [5.74, 6) is -4.48. The standard InChI is InChI=1S/C12H14F2O2/c13-12(14)10(6-15)11(12)8-16-7-9-4-2-1-3-5-9/h1-5,10-11,15H,6-8H2/t10-,11-/m0/s1. The Morgan fingerprint density at radius 2 is 1.88 bits per heavy atom. The van der Waals surface area contributed by atoms with Gasteiger partial charge >= 0.3 is 0 Å². The number of alkyl halides is 2. The average molecular weight is 228 g/mol. The molecule has 1 fully saturated rings. The Kier molecular flexibility index (Phi) is 3.21. The molecule has 1 aliphatic rings. The molecule has 88 valence electrons. The molecule has 1 N–H and O–H groups in total. The summed E-state index contributed by atoms with van der Waals surface area (Å²) in [5, 5.41) is 8.69. The van der Waals surface area contributed by atoms with Crippen LogP contribution in [0.4, 0.5) is 8.78 Å². The number of halogens is 2. The molecule has 2 nitrogen and oxygen atoms in total. The van der Waals surface area contributed by atoms with Crippen LogP contribution in [0.2, 0.25) is 0 Å². The van der Waals surface area contributed by atoms with Crippen LogP contribution in [0, 0.1) is 11.8 Å². The first-order chi connectivity index (χ1) is 7.66. The van der Waals surface area contributed by atoms with E-state index in [4.69, 9.17) is 9.84 Å². The number of rotatable bonds is 5. The van der Waals surface area contributed by atoms with Crippen LogP contribution >= 0.6 is 0 Å². The summed E-state index contributed by atoms with van der Waals surface area (Å²) in [4.78, 5) is 0. The van der Waals surface area contributed by atoms with E-state index in [1.807, 2.05) is 30.3 Å². The van der Waals surface area contributed by atoms with Gasteiger partial charge in [-0.1, -0.05) is 30.3 Å². The van der Waals surface area contributed by atoms with E-state index in [0.29, 0.717) is 6.61 Å². The van der Waals surface area contributed by atoms with Gasteiger partial charge in [0.15, 0.2) is 0 Å². The molecule has 1 aromatic rings. The zero-order chi connectivity index (χ0) is 11.6. The fraction of sp³-hybridized carbons (Fsp3) is 0.500. The molecule has 0 bridgehead atoms. The molecular formula is C12H14F2O2. The lowest BCUT2D eigenvalue weighted by atomic mass is 10.2. The molecule has 0 aromatic heterocycles. The average Bonchev–Trinajstić information content (AvgIpc) is 2.81. The largest absolute Gasteiger partial charge is 0.396 e. The van der Waals surface area contributed by atoms with E-state index in [9.17, 15) is 8.78 Å². The Hall–Kier alpha value is -1.00. The van der Waals surface area contributed by atoms with Crippen molar-refractivity contribution in [3.05, 3.63) is 35.9 Å². The molecule has 0 unspecified atom stereocenters. The molecule has 16 heavy (non-hydrogen) atoms. The van der Waals surface area contributed by atoms with Crippen molar-refractivity contribution in [2.75, 3.05) is 13.2 Å². The molecule has 4 heteroatoms. The molecule has 0 spiro atoms. The SMILES string of the molecule is OC[C@H]1[C@H](COCc2ccccc2)C1(F)F. The third-order valence-electron chi connectivity index (χ3n) is 2.97. The van der Waals surface area contributed by atoms with Crippen LogP contribution in [0.3, 0.4) is 0 Å². The van der Waals surface area contributed by atoms with Gasteiger partial charge in [0.25, 0.3) is 5.92 Å². The quantitative estimate of drug-likeness (QED) is 0.836. The van der Waals surface area contributed by atoms with Gasteiger partial charge in [0.05, 0.1) is 31.7 Å². The highest BCUT2D eigenvalue weighted by Gasteiger charge is 2.67. The Balaban J connectivity index is 1.74. The number of hydrogen-bond donors (Lipinski definition) is 1. The van der Waals surface area contributed by atoms with Crippen LogP contribution in [0.25, 0.3) is 0 Å². The molecule has 0 amide bonds. The topological polar surface area (TPSA) is 29.5 Å². The monoisotopic (exact) mass is 228 g/mol. The lowest BCUT2D eigenvalue weighted by Gasteiger charge is -2.03. The number of ether oxygens (including phenoxy) is 1. The van der Waals surface area contributed by atoms with Crippen molar-refractivity contribution < 1.29 is 18.6 Å². The second-order valence-corrected chi connectivity index (χ2v) is 4.07. The predicted molar refractivity (Wildman–Crippen MR) is 55.1 cm³/mol. The second kappa shape index (κ2) is 4.47. The van der Waals surface area contributed by atoms with E-state index in [0.717, 1.165) is 5.56 Å². The fourth-order valence-electron chi connectivity index (χ4n) is 1.81. The van der Waals surface area contributed by atoms with Gasteiger partial charge < -0.3 is 9.84 Å². The lowest BCUT2D eigenvalue weighted by Crippen LogP contribution is -2.03. The Bertz CT molecular complexity index is 340. The maximum absolute atomic E-state index is 12.9. The normalized spacial score (nSPS) is 26.7. The maximum Gasteiger partial charge on any atom is 0.259 e. The molecule has 2 atom stereocenters. The number of aliphatic hydroxyl groups is 1. The van der Waals surface area contributed by atoms with E-state index >= 15 is 0 Å². The van der Waals surface area contributed by atoms with E-state index in [-0.39, 0.29) is 6.61 Å². The van der Waals surface area contributed by atoms with Gasteiger partial charge in [0.2, 0.25) is 0 Å². The minimum Gasteiger partial charge on any atom is -0.396 e. The van der Waals surface area contributed by atoms with Crippen LogP contribution in [0.15, 0.2) is 30.3 Å². The summed E-state index contributed by atoms with van der Waals surface area (Å²) in [5.41, 5.74) is 0.965. The van der Waals surface area contributed by atoms with Crippen LogP contribution in [-0.2, 0) is 11.3 Å². The van der Waals surface area contributed by atoms with E-state index in [1.165, 1.54) is 0 Å². The van der Waals surface area contributed by atoms with Gasteiger partial charge in [-0.25, -0.2) is 8.78 Å². The smallest absolute Gasteiger partial charge is 0.259 e. The van der Waals surface area contributed by atoms with Crippen molar-refractivity contribution in [3.63, 3.8) is 0 Å². The van der Waals surface area contributed by atoms with Gasteiger partial charge in [-0.05, 0) is 5.56 Å². The highest BCUT2D eigenvalue weighted by molar-refractivity contribution is 5.13. The summed E-state index contributed by atoms with van der Waals surface area (Å²) in [6.45, 7) is -0.120. The van der Waals surface area contributed by atoms with Crippen LogP contribution < -0.4 is 0 Å². The highest BCUT2D eigenvalue weighted by Crippen LogP contribution is 2.54. The molecule has 1 aromatic carbocycles. The van der Waals surface area contributed by atoms with Crippen molar-refractivity contribution >= 4 is 0 Å². The maximum atomic E-state index is 12.9. The minimum atomic E-state index is -2.74. The number of hydrogen-bond acceptors (Lipinski definition) is 2. The fourth-order valence-corrected chi connectivity index (χ4v) is 1.81. The first-order valence-corrected chi connectivity index (χ1v) is 5.26. The minimum absolute atomic E-state index is 0.00706. The zero-order valence-corrected chi connectivity index (χ0v) is 8.77. The first-order valence-electron chi connectivity index (χ1n) is 5.26. The number of aliphatic hydroxyl groups excluding tert-OH is 1. The van der Waals surface area contributed by atoms with Crippen LogP contribution in [0.1, 0.15) is 5.56 Å². The molecule has 1 aliphatic carbocycles. The van der Waals surface area contributed by atoms with Crippen molar-refractivity contribution in [3.8, 4) is 0 Å². The Labute approximate surface area is 92.9 Å². The molecule has 0 radical (unpaired) electrons. The van der Waals surface area contributed by atoms with Gasteiger partial charge in [-0.2, -0.15) is 0 Å². The van der Waals surface area contributed by atoms with Gasteiger partial charge in [0, 0.05) is 0 Å². The third-order valence-corrected chi connectivity index (χ3v) is 2.97. The van der Waals surface area contributed by atoms with E-state index < -0.39 is 24.4 Å². The van der Waals surface area contributed by atoms with Crippen LogP contribution in [-0.4, -0.2) is 24.2 Å². The molecule has 0 aliphatic heterocycles. The second-order valence-electron chi connectivity index (χ2n) is 4.07. The summed E-state index contributed by atoms with van der Waals surface area (Å²) in [7, 11) is 0. The Morgan fingerprint density at radius 3 is 2.44 bits per heavy atom. The van der Waals surface area contributed by atoms with E-state index in [1.54, 1.807) is 0 Å². The van der Waals surface area contributed by atoms with Crippen LogP contribution in [0.5, 0.6) is 0 Å². The lowest BCUT2D eigenvalue weighted by molar-refractivity contribution is 0.0435. The van der Waals surface area contributed by atoms with Crippen molar-refractivity contribution in [2.24, 2.45) is 11.8 Å². The molecule has 0 heterocycles. The Morgan fingerprint density at radius 1 is 1.19 bits per heavy atom. The molecule has 0 saturated heterocycles. The predicted octanol–water partition coefficient (Wildman–Crippen LogP) is 2.08. The molecule has 1 saturated carbocycles. The zero-order valence-electron chi connectivity index (χ0n) is 8.77. The van der Waals surface area contributed by atoms with Crippen molar-refractivity contribution in [1.82, 2.24) is 0 Å². The van der Waals surface area contributed by atoms with Crippen molar-refractivity contribution in [2.45, 2.75) is 12.5 Å². The van der Waals surface area contributed by atoms with Crippen molar-refractivity contribution in [1.29, 1.82) is 0 Å². The summed E-state index contributed by atoms with van der Waals surface area (Å²) in [6, 6.07) is 9.41. The number of benzene rings is 1. The van der Waals surface area contributed by atoms with Gasteiger partial charge in [-0.3, -0.25) is 0 Å². The van der Waals surface area contributed by atoms with Gasteiger partial charge in [0.1, 0.15) is 0 Å². The summed E-state index contributed by atoms with van der Waals surface area (Å²) in [6.07, 6.45) is 0. The molecule has 2 rings (SSSR count). The highest BCUT2D eigenvalue weighted by atomic mass is 19.3. The first kappa shape index (κ1) is 11.5. The summed E-state index contributed by atoms with van der Waals surface area (Å²) < 4.78 is 31.1. The van der Waals surface area contributed by atoms with Gasteiger partial charge in [-0.15, -0.1) is 0 Å². The van der Waals surface area contributed by atoms with E-state index in [2.05, 4.69) is 0 Å². The third kappa shape index (κ3) is 2.23.